The Morgan fingerprint density at radius 2 is 1.84 bits per heavy atom. The molecule has 1 saturated carbocycles. The Kier molecular flexibility index (Phi) is 6.30. The van der Waals surface area contributed by atoms with Crippen LogP contribution >= 0.6 is 0 Å². The first kappa shape index (κ1) is 25.0. The average Bonchev–Trinajstić information content (AvgIpc) is 3.48. The predicted octanol–water partition coefficient (Wildman–Crippen LogP) is 6.81. The number of urea groups is 1. The SMILES string of the molecule is COc1ccc(-c2ccc3c(c2)C2(CCCC2)CN3C(=O)NCc2ccc(N)c(C)c2)c(C(F)(F)F)c1. The molecule has 1 aliphatic heterocycles. The lowest BCUT2D eigenvalue weighted by atomic mass is 9.79. The summed E-state index contributed by atoms with van der Waals surface area (Å²) in [4.78, 5) is 15.1. The molecule has 0 unspecified atom stereocenters. The van der Waals surface area contributed by atoms with Crippen LogP contribution in [0.4, 0.5) is 29.3 Å². The lowest BCUT2D eigenvalue weighted by molar-refractivity contribution is -0.137. The molecule has 1 fully saturated rings. The van der Waals surface area contributed by atoms with Crippen molar-refractivity contribution in [1.82, 2.24) is 5.32 Å². The minimum Gasteiger partial charge on any atom is -0.497 e. The Hall–Kier alpha value is -3.68. The fourth-order valence-electron chi connectivity index (χ4n) is 5.75. The number of nitrogen functional groups attached to an aromatic ring is 1. The Bertz CT molecular complexity index is 1350. The molecule has 37 heavy (non-hydrogen) atoms. The van der Waals surface area contributed by atoms with Gasteiger partial charge in [0.1, 0.15) is 5.75 Å². The summed E-state index contributed by atoms with van der Waals surface area (Å²) in [6, 6.07) is 14.8. The quantitative estimate of drug-likeness (QED) is 0.380. The van der Waals surface area contributed by atoms with E-state index in [0.29, 0.717) is 24.3 Å². The van der Waals surface area contributed by atoms with Crippen LogP contribution in [0.2, 0.25) is 0 Å². The highest BCUT2D eigenvalue weighted by atomic mass is 19.4. The number of nitrogens with one attached hydrogen (secondary N) is 1. The van der Waals surface area contributed by atoms with Crippen LogP contribution in [-0.4, -0.2) is 19.7 Å². The predicted molar refractivity (Wildman–Crippen MR) is 139 cm³/mol. The first-order chi connectivity index (χ1) is 17.6. The largest absolute Gasteiger partial charge is 0.497 e. The summed E-state index contributed by atoms with van der Waals surface area (Å²) in [5, 5.41) is 3.01. The Labute approximate surface area is 214 Å². The van der Waals surface area contributed by atoms with E-state index in [1.165, 1.54) is 13.2 Å². The normalized spacial score (nSPS) is 16.2. The fraction of sp³-hybridized carbons (Fsp3) is 0.345. The van der Waals surface area contributed by atoms with E-state index >= 15 is 0 Å². The molecule has 1 heterocycles. The van der Waals surface area contributed by atoms with Gasteiger partial charge in [-0.25, -0.2) is 4.79 Å². The van der Waals surface area contributed by atoms with Gasteiger partial charge in [-0.15, -0.1) is 0 Å². The van der Waals surface area contributed by atoms with Crippen molar-refractivity contribution in [2.45, 2.75) is 50.7 Å². The van der Waals surface area contributed by atoms with E-state index in [1.807, 2.05) is 31.2 Å². The number of halogens is 3. The van der Waals surface area contributed by atoms with Crippen molar-refractivity contribution in [3.63, 3.8) is 0 Å². The molecule has 0 saturated heterocycles. The molecule has 8 heteroatoms. The highest BCUT2D eigenvalue weighted by Crippen LogP contribution is 2.52. The molecule has 0 aromatic heterocycles. The van der Waals surface area contributed by atoms with Crippen LogP contribution in [0.25, 0.3) is 11.1 Å². The maximum Gasteiger partial charge on any atom is 0.417 e. The third-order valence-electron chi connectivity index (χ3n) is 7.75. The van der Waals surface area contributed by atoms with Crippen LogP contribution in [0.5, 0.6) is 5.75 Å². The van der Waals surface area contributed by atoms with E-state index in [4.69, 9.17) is 10.5 Å². The molecule has 2 amide bonds. The van der Waals surface area contributed by atoms with E-state index in [0.717, 1.165) is 54.1 Å². The fourth-order valence-corrected chi connectivity index (χ4v) is 5.75. The Morgan fingerprint density at radius 3 is 2.51 bits per heavy atom. The van der Waals surface area contributed by atoms with Gasteiger partial charge in [0, 0.05) is 29.9 Å². The number of carbonyl (C=O) groups is 1. The molecular weight excluding hydrogens is 479 g/mol. The molecular formula is C29H30F3N3O2. The topological polar surface area (TPSA) is 67.6 Å². The summed E-state index contributed by atoms with van der Waals surface area (Å²) in [6.07, 6.45) is -0.668. The van der Waals surface area contributed by atoms with E-state index < -0.39 is 11.7 Å². The summed E-state index contributed by atoms with van der Waals surface area (Å²) < 4.78 is 46.8. The van der Waals surface area contributed by atoms with Gasteiger partial charge in [-0.2, -0.15) is 13.2 Å². The molecule has 194 valence electrons. The number of aryl methyl sites for hydroxylation is 1. The molecule has 5 rings (SSSR count). The van der Waals surface area contributed by atoms with Crippen LogP contribution in [0.1, 0.15) is 47.9 Å². The molecule has 0 bridgehead atoms. The van der Waals surface area contributed by atoms with Crippen molar-refractivity contribution >= 4 is 17.4 Å². The first-order valence-corrected chi connectivity index (χ1v) is 12.4. The number of rotatable bonds is 4. The van der Waals surface area contributed by atoms with Crippen molar-refractivity contribution in [3.8, 4) is 16.9 Å². The number of ether oxygens (including phenoxy) is 1. The van der Waals surface area contributed by atoms with E-state index in [2.05, 4.69) is 5.32 Å². The van der Waals surface area contributed by atoms with Gasteiger partial charge in [0.15, 0.2) is 0 Å². The molecule has 3 aromatic rings. The molecule has 5 nitrogen and oxygen atoms in total. The molecule has 0 atom stereocenters. The minimum atomic E-state index is -4.53. The first-order valence-electron chi connectivity index (χ1n) is 12.4. The third kappa shape index (κ3) is 4.61. The Balaban J connectivity index is 1.48. The molecule has 0 radical (unpaired) electrons. The van der Waals surface area contributed by atoms with Gasteiger partial charge in [-0.05, 0) is 77.9 Å². The van der Waals surface area contributed by atoms with Gasteiger partial charge in [-0.1, -0.05) is 37.1 Å². The van der Waals surface area contributed by atoms with Crippen LogP contribution in [0.15, 0.2) is 54.6 Å². The number of carbonyl (C=O) groups excluding carboxylic acids is 1. The monoisotopic (exact) mass is 509 g/mol. The van der Waals surface area contributed by atoms with Gasteiger partial charge < -0.3 is 15.8 Å². The van der Waals surface area contributed by atoms with Crippen LogP contribution in [0, 0.1) is 6.92 Å². The van der Waals surface area contributed by atoms with Crippen molar-refractivity contribution in [1.29, 1.82) is 0 Å². The number of anilines is 2. The van der Waals surface area contributed by atoms with Gasteiger partial charge in [0.25, 0.3) is 0 Å². The number of fused-ring (bicyclic) bond motifs is 2. The van der Waals surface area contributed by atoms with E-state index in [1.54, 1.807) is 23.1 Å². The van der Waals surface area contributed by atoms with Gasteiger partial charge in [-0.3, -0.25) is 4.90 Å². The highest BCUT2D eigenvalue weighted by Gasteiger charge is 2.46. The zero-order valence-corrected chi connectivity index (χ0v) is 20.9. The average molecular weight is 510 g/mol. The standard InChI is InChI=1S/C29H30F3N3O2/c1-18-13-19(5-9-25(18)33)16-34-27(36)35-17-28(11-3-4-12-28)24-14-20(6-10-26(24)35)22-8-7-21(37-2)15-23(22)29(30,31)32/h5-10,13-15H,3-4,11-12,16-17,33H2,1-2H3,(H,34,36). The Morgan fingerprint density at radius 1 is 1.08 bits per heavy atom. The maximum atomic E-state index is 13.9. The van der Waals surface area contributed by atoms with Crippen LogP contribution in [-0.2, 0) is 18.1 Å². The van der Waals surface area contributed by atoms with Gasteiger partial charge in [0.2, 0.25) is 0 Å². The lowest BCUT2D eigenvalue weighted by Gasteiger charge is -2.25. The van der Waals surface area contributed by atoms with Gasteiger partial charge in [0.05, 0.1) is 12.7 Å². The highest BCUT2D eigenvalue weighted by molar-refractivity contribution is 5.96. The summed E-state index contributed by atoms with van der Waals surface area (Å²) >= 11 is 0. The number of nitrogens with zero attached hydrogens (tertiary/aromatic N) is 1. The van der Waals surface area contributed by atoms with Crippen molar-refractivity contribution in [3.05, 3.63) is 76.9 Å². The van der Waals surface area contributed by atoms with E-state index in [9.17, 15) is 18.0 Å². The summed E-state index contributed by atoms with van der Waals surface area (Å²) in [7, 11) is 1.35. The number of hydrogen-bond acceptors (Lipinski definition) is 3. The maximum absolute atomic E-state index is 13.9. The summed E-state index contributed by atoms with van der Waals surface area (Å²) in [5.74, 6) is 0.156. The number of benzene rings is 3. The summed E-state index contributed by atoms with van der Waals surface area (Å²) in [5.41, 5.74) is 9.82. The molecule has 1 spiro atoms. The number of methoxy groups -OCH3 is 1. The van der Waals surface area contributed by atoms with Crippen LogP contribution in [0.3, 0.4) is 0 Å². The number of hydrogen-bond donors (Lipinski definition) is 2. The molecule has 3 N–H and O–H groups in total. The third-order valence-corrected chi connectivity index (χ3v) is 7.75. The number of amides is 2. The number of alkyl halides is 3. The zero-order valence-electron chi connectivity index (χ0n) is 20.9. The second-order valence-corrected chi connectivity index (χ2v) is 10.1. The second kappa shape index (κ2) is 9.32. The molecule has 3 aromatic carbocycles. The number of nitrogens with two attached hydrogens (primary N) is 1. The smallest absolute Gasteiger partial charge is 0.417 e. The van der Waals surface area contributed by atoms with Gasteiger partial charge >= 0.3 is 12.2 Å². The second-order valence-electron chi connectivity index (χ2n) is 10.1. The summed E-state index contributed by atoms with van der Waals surface area (Å²) in [6.45, 7) is 2.80. The van der Waals surface area contributed by atoms with Crippen LogP contribution < -0.4 is 20.7 Å². The lowest BCUT2D eigenvalue weighted by Crippen LogP contribution is -2.41. The van der Waals surface area contributed by atoms with Crippen molar-refractivity contribution in [2.24, 2.45) is 0 Å². The molecule has 1 aliphatic carbocycles. The van der Waals surface area contributed by atoms with Crippen molar-refractivity contribution < 1.29 is 22.7 Å². The van der Waals surface area contributed by atoms with E-state index in [-0.39, 0.29) is 22.8 Å². The minimum absolute atomic E-state index is 0.103. The molecule has 2 aliphatic rings. The zero-order chi connectivity index (χ0) is 26.4. The van der Waals surface area contributed by atoms with Crippen molar-refractivity contribution in [2.75, 3.05) is 24.3 Å².